The Hall–Kier alpha value is -1.22. The molecule has 0 aliphatic rings. The largest absolute Gasteiger partial charge is 0.354 e. The normalized spacial score (nSPS) is 11.2. The first-order chi connectivity index (χ1) is 12.8. The Morgan fingerprint density at radius 3 is 2.63 bits per heavy atom. The number of hydrogen-bond donors (Lipinski definition) is 1. The molecular formula is C18H20BrClN2O3S2. The maximum absolute atomic E-state index is 12.2. The van der Waals surface area contributed by atoms with Crippen molar-refractivity contribution in [3.05, 3.63) is 63.6 Å². The summed E-state index contributed by atoms with van der Waals surface area (Å²) in [5.41, 5.74) is 1.56. The van der Waals surface area contributed by atoms with E-state index in [4.69, 9.17) is 11.6 Å². The lowest BCUT2D eigenvalue weighted by molar-refractivity contribution is -0.119. The van der Waals surface area contributed by atoms with E-state index in [0.717, 1.165) is 26.4 Å². The molecule has 0 saturated heterocycles. The summed E-state index contributed by atoms with van der Waals surface area (Å²) in [7, 11) is -3.57. The molecule has 2 aromatic carbocycles. The first-order valence-electron chi connectivity index (χ1n) is 8.08. The van der Waals surface area contributed by atoms with E-state index in [2.05, 4.69) is 21.2 Å². The zero-order valence-corrected chi connectivity index (χ0v) is 18.7. The molecule has 0 aromatic heterocycles. The average molecular weight is 492 g/mol. The van der Waals surface area contributed by atoms with Crippen LogP contribution in [-0.2, 0) is 20.6 Å². The summed E-state index contributed by atoms with van der Waals surface area (Å²) in [6.45, 7) is 0.203. The number of sulfonamides is 1. The molecule has 146 valence electrons. The highest BCUT2D eigenvalue weighted by atomic mass is 79.9. The number of carbonyl (C=O) groups is 1. The standard InChI is InChI=1S/C18H20BrClN2O3S2/c1-27(24,25)22(17-7-3-5-15(19)11-17)12-18(23)21-8-9-26-13-14-4-2-6-16(20)10-14/h2-7,10-11H,8-9,12-13H2,1H3,(H,21,23). The van der Waals surface area contributed by atoms with E-state index in [1.54, 1.807) is 36.0 Å². The molecule has 1 amide bonds. The number of amides is 1. The molecule has 0 atom stereocenters. The minimum absolute atomic E-state index is 0.256. The molecule has 0 unspecified atom stereocenters. The van der Waals surface area contributed by atoms with Crippen LogP contribution in [0.5, 0.6) is 0 Å². The summed E-state index contributed by atoms with van der Waals surface area (Å²) >= 11 is 10.9. The Morgan fingerprint density at radius 1 is 1.22 bits per heavy atom. The highest BCUT2D eigenvalue weighted by molar-refractivity contribution is 9.10. The number of thioether (sulfide) groups is 1. The van der Waals surface area contributed by atoms with Crippen molar-refractivity contribution in [2.75, 3.05) is 29.4 Å². The number of rotatable bonds is 9. The number of nitrogens with one attached hydrogen (secondary N) is 1. The van der Waals surface area contributed by atoms with Gasteiger partial charge in [0.1, 0.15) is 6.54 Å². The molecule has 2 aromatic rings. The molecule has 0 radical (unpaired) electrons. The van der Waals surface area contributed by atoms with Crippen LogP contribution < -0.4 is 9.62 Å². The van der Waals surface area contributed by atoms with Gasteiger partial charge < -0.3 is 5.32 Å². The van der Waals surface area contributed by atoms with E-state index in [1.165, 1.54) is 0 Å². The van der Waals surface area contributed by atoms with Gasteiger partial charge in [-0.2, -0.15) is 11.8 Å². The quantitative estimate of drug-likeness (QED) is 0.540. The molecule has 0 fully saturated rings. The van der Waals surface area contributed by atoms with Crippen molar-refractivity contribution in [1.29, 1.82) is 0 Å². The van der Waals surface area contributed by atoms with Crippen molar-refractivity contribution in [2.45, 2.75) is 5.75 Å². The molecule has 9 heteroatoms. The van der Waals surface area contributed by atoms with E-state index >= 15 is 0 Å². The van der Waals surface area contributed by atoms with Crippen molar-refractivity contribution in [1.82, 2.24) is 5.32 Å². The average Bonchev–Trinajstić information content (AvgIpc) is 2.58. The SMILES string of the molecule is CS(=O)(=O)N(CC(=O)NCCSCc1cccc(Cl)c1)c1cccc(Br)c1. The summed E-state index contributed by atoms with van der Waals surface area (Å²) in [4.78, 5) is 12.2. The molecule has 2 rings (SSSR count). The maximum atomic E-state index is 12.2. The first kappa shape index (κ1) is 22.1. The molecule has 0 aliphatic carbocycles. The van der Waals surface area contributed by atoms with Crippen LogP contribution in [0.2, 0.25) is 5.02 Å². The van der Waals surface area contributed by atoms with Crippen molar-refractivity contribution in [2.24, 2.45) is 0 Å². The van der Waals surface area contributed by atoms with Crippen LogP contribution in [0, 0.1) is 0 Å². The van der Waals surface area contributed by atoms with Gasteiger partial charge in [0.05, 0.1) is 11.9 Å². The Bertz CT molecular complexity index is 894. The number of carbonyl (C=O) groups excluding carboxylic acids is 1. The van der Waals surface area contributed by atoms with E-state index in [1.807, 2.05) is 24.3 Å². The van der Waals surface area contributed by atoms with Gasteiger partial charge in [-0.25, -0.2) is 8.42 Å². The third-order valence-corrected chi connectivity index (χ3v) is 6.41. The molecule has 0 heterocycles. The van der Waals surface area contributed by atoms with Gasteiger partial charge in [0.25, 0.3) is 0 Å². The number of anilines is 1. The molecular weight excluding hydrogens is 472 g/mol. The first-order valence-corrected chi connectivity index (χ1v) is 12.3. The molecule has 0 spiro atoms. The van der Waals surface area contributed by atoms with Crippen LogP contribution in [0.1, 0.15) is 5.56 Å². The summed E-state index contributed by atoms with van der Waals surface area (Å²) in [6.07, 6.45) is 1.09. The number of benzene rings is 2. The van der Waals surface area contributed by atoms with Gasteiger partial charge in [-0.1, -0.05) is 45.7 Å². The summed E-state index contributed by atoms with van der Waals surface area (Å²) in [6, 6.07) is 14.5. The second-order valence-corrected chi connectivity index (χ2v) is 10.1. The summed E-state index contributed by atoms with van der Waals surface area (Å²) < 4.78 is 25.9. The second kappa shape index (κ2) is 10.4. The van der Waals surface area contributed by atoms with Crippen molar-refractivity contribution in [3.8, 4) is 0 Å². The summed E-state index contributed by atoms with van der Waals surface area (Å²) in [5.74, 6) is 1.17. The highest BCUT2D eigenvalue weighted by Gasteiger charge is 2.20. The van der Waals surface area contributed by atoms with E-state index in [0.29, 0.717) is 23.0 Å². The fraction of sp³-hybridized carbons (Fsp3) is 0.278. The van der Waals surface area contributed by atoms with Gasteiger partial charge in [-0.15, -0.1) is 0 Å². The molecule has 0 aliphatic heterocycles. The predicted octanol–water partition coefficient (Wildman–Crippen LogP) is 3.92. The predicted molar refractivity (Wildman–Crippen MR) is 117 cm³/mol. The van der Waals surface area contributed by atoms with Crippen molar-refractivity contribution in [3.63, 3.8) is 0 Å². The number of hydrogen-bond acceptors (Lipinski definition) is 4. The number of halogens is 2. The van der Waals surface area contributed by atoms with Gasteiger partial charge >= 0.3 is 0 Å². The zero-order valence-electron chi connectivity index (χ0n) is 14.7. The Balaban J connectivity index is 1.82. The minimum Gasteiger partial charge on any atom is -0.354 e. The van der Waals surface area contributed by atoms with Gasteiger partial charge in [0.2, 0.25) is 15.9 Å². The van der Waals surface area contributed by atoms with Crippen LogP contribution in [0.3, 0.4) is 0 Å². The van der Waals surface area contributed by atoms with Gasteiger partial charge in [0.15, 0.2) is 0 Å². The van der Waals surface area contributed by atoms with Gasteiger partial charge in [-0.05, 0) is 35.9 Å². The van der Waals surface area contributed by atoms with Crippen LogP contribution in [0.4, 0.5) is 5.69 Å². The lowest BCUT2D eigenvalue weighted by Crippen LogP contribution is -2.41. The lowest BCUT2D eigenvalue weighted by Gasteiger charge is -2.22. The van der Waals surface area contributed by atoms with Crippen molar-refractivity contribution >= 4 is 60.9 Å². The molecule has 1 N–H and O–H groups in total. The van der Waals surface area contributed by atoms with Crippen molar-refractivity contribution < 1.29 is 13.2 Å². The molecule has 27 heavy (non-hydrogen) atoms. The second-order valence-electron chi connectivity index (χ2n) is 5.78. The topological polar surface area (TPSA) is 66.5 Å². The Labute approximate surface area is 177 Å². The molecule has 0 saturated carbocycles. The van der Waals surface area contributed by atoms with Crippen LogP contribution in [0.15, 0.2) is 53.0 Å². The monoisotopic (exact) mass is 490 g/mol. The van der Waals surface area contributed by atoms with E-state index in [-0.39, 0.29) is 12.5 Å². The van der Waals surface area contributed by atoms with E-state index < -0.39 is 10.0 Å². The van der Waals surface area contributed by atoms with Crippen LogP contribution in [-0.4, -0.2) is 39.4 Å². The Morgan fingerprint density at radius 2 is 1.96 bits per heavy atom. The maximum Gasteiger partial charge on any atom is 0.240 e. The fourth-order valence-corrected chi connectivity index (χ4v) is 4.55. The Kier molecular flexibility index (Phi) is 8.47. The highest BCUT2D eigenvalue weighted by Crippen LogP contribution is 2.22. The smallest absolute Gasteiger partial charge is 0.240 e. The fourth-order valence-electron chi connectivity index (χ4n) is 2.30. The molecule has 5 nitrogen and oxygen atoms in total. The third-order valence-electron chi connectivity index (χ3n) is 3.51. The van der Waals surface area contributed by atoms with Gasteiger partial charge in [0, 0.05) is 27.5 Å². The van der Waals surface area contributed by atoms with Crippen LogP contribution in [0.25, 0.3) is 0 Å². The molecule has 0 bridgehead atoms. The lowest BCUT2D eigenvalue weighted by atomic mass is 10.2. The minimum atomic E-state index is -3.57. The van der Waals surface area contributed by atoms with Gasteiger partial charge in [-0.3, -0.25) is 9.10 Å². The van der Waals surface area contributed by atoms with E-state index in [9.17, 15) is 13.2 Å². The number of nitrogens with zero attached hydrogens (tertiary/aromatic N) is 1. The third kappa shape index (κ3) is 7.73. The van der Waals surface area contributed by atoms with Crippen LogP contribution >= 0.6 is 39.3 Å². The summed E-state index contributed by atoms with van der Waals surface area (Å²) in [5, 5.41) is 3.47. The zero-order chi connectivity index (χ0) is 19.9.